The topological polar surface area (TPSA) is 47.5 Å². The van der Waals surface area contributed by atoms with Crippen LogP contribution in [0.15, 0.2) is 0 Å². The van der Waals surface area contributed by atoms with Crippen molar-refractivity contribution in [1.29, 1.82) is 0 Å². The van der Waals surface area contributed by atoms with E-state index in [1.807, 2.05) is 0 Å². The minimum Gasteiger partial charge on any atom is -0.390 e. The van der Waals surface area contributed by atoms with Gasteiger partial charge in [0, 0.05) is 31.7 Å². The van der Waals surface area contributed by atoms with Gasteiger partial charge in [0.25, 0.3) is 0 Å². The van der Waals surface area contributed by atoms with Crippen molar-refractivity contribution in [1.82, 2.24) is 15.5 Å². The van der Waals surface area contributed by atoms with Crippen LogP contribution >= 0.6 is 0 Å². The van der Waals surface area contributed by atoms with Crippen molar-refractivity contribution in [3.8, 4) is 0 Å². The smallest absolute Gasteiger partial charge is 0.0831 e. The summed E-state index contributed by atoms with van der Waals surface area (Å²) in [7, 11) is 2.12. The number of aliphatic hydroxyl groups excluding tert-OH is 1. The molecule has 0 radical (unpaired) electrons. The van der Waals surface area contributed by atoms with Gasteiger partial charge in [-0.2, -0.15) is 0 Å². The summed E-state index contributed by atoms with van der Waals surface area (Å²) in [5.41, 5.74) is 0. The summed E-state index contributed by atoms with van der Waals surface area (Å²) in [6.07, 6.45) is 1.02. The number of hydrogen-bond acceptors (Lipinski definition) is 4. The van der Waals surface area contributed by atoms with Gasteiger partial charge in [0.05, 0.1) is 6.10 Å². The Bertz CT molecular complexity index is 170. The number of hydrogen-bond donors (Lipinski definition) is 3. The van der Waals surface area contributed by atoms with Crippen molar-refractivity contribution in [2.75, 3.05) is 33.2 Å². The fourth-order valence-electron chi connectivity index (χ4n) is 2.32. The largest absolute Gasteiger partial charge is 0.390 e. The van der Waals surface area contributed by atoms with Gasteiger partial charge in [-0.3, -0.25) is 4.90 Å². The molecule has 2 saturated heterocycles. The van der Waals surface area contributed by atoms with Crippen molar-refractivity contribution in [2.45, 2.75) is 24.6 Å². The molecular formula is C9H19N3O. The van der Waals surface area contributed by atoms with Crippen LogP contribution in [0.4, 0.5) is 0 Å². The van der Waals surface area contributed by atoms with Crippen LogP contribution in [0.5, 0.6) is 0 Å². The highest BCUT2D eigenvalue weighted by atomic mass is 16.3. The van der Waals surface area contributed by atoms with Crippen LogP contribution in [0.25, 0.3) is 0 Å². The minimum atomic E-state index is -0.189. The minimum absolute atomic E-state index is 0.189. The third-order valence-corrected chi connectivity index (χ3v) is 3.28. The zero-order chi connectivity index (χ0) is 9.26. The lowest BCUT2D eigenvalue weighted by Crippen LogP contribution is -2.47. The van der Waals surface area contributed by atoms with E-state index < -0.39 is 0 Å². The molecule has 2 aliphatic rings. The maximum absolute atomic E-state index is 9.70. The van der Waals surface area contributed by atoms with E-state index in [-0.39, 0.29) is 6.10 Å². The summed E-state index contributed by atoms with van der Waals surface area (Å²) in [6.45, 7) is 3.86. The van der Waals surface area contributed by atoms with Crippen LogP contribution in [0.3, 0.4) is 0 Å². The van der Waals surface area contributed by atoms with Gasteiger partial charge in [0.15, 0.2) is 0 Å². The molecule has 3 atom stereocenters. The quantitative estimate of drug-likeness (QED) is 0.496. The summed E-state index contributed by atoms with van der Waals surface area (Å²) in [6, 6.07) is 0.921. The van der Waals surface area contributed by atoms with E-state index >= 15 is 0 Å². The highest BCUT2D eigenvalue weighted by Gasteiger charge is 2.32. The molecule has 4 nitrogen and oxygen atoms in total. The third kappa shape index (κ3) is 1.86. The summed E-state index contributed by atoms with van der Waals surface area (Å²) in [5.74, 6) is 0. The van der Waals surface area contributed by atoms with Crippen molar-refractivity contribution in [2.24, 2.45) is 0 Å². The van der Waals surface area contributed by atoms with Gasteiger partial charge in [-0.1, -0.05) is 0 Å². The summed E-state index contributed by atoms with van der Waals surface area (Å²) < 4.78 is 0. The highest BCUT2D eigenvalue weighted by Crippen LogP contribution is 2.14. The first-order valence-electron chi connectivity index (χ1n) is 5.10. The molecule has 2 heterocycles. The molecule has 0 spiro atoms. The van der Waals surface area contributed by atoms with E-state index in [0.717, 1.165) is 26.2 Å². The van der Waals surface area contributed by atoms with Gasteiger partial charge in [0.2, 0.25) is 0 Å². The monoisotopic (exact) mass is 185 g/mol. The first-order valence-corrected chi connectivity index (χ1v) is 5.10. The number of rotatable bonds is 2. The number of nitrogens with zero attached hydrogens (tertiary/aromatic N) is 1. The van der Waals surface area contributed by atoms with E-state index in [4.69, 9.17) is 0 Å². The van der Waals surface area contributed by atoms with Crippen LogP contribution in [0.2, 0.25) is 0 Å². The third-order valence-electron chi connectivity index (χ3n) is 3.28. The first kappa shape index (κ1) is 9.40. The van der Waals surface area contributed by atoms with Crippen LogP contribution in [-0.2, 0) is 0 Å². The molecule has 0 amide bonds. The lowest BCUT2D eigenvalue weighted by atomic mass is 10.1. The van der Waals surface area contributed by atoms with Gasteiger partial charge >= 0.3 is 0 Å². The van der Waals surface area contributed by atoms with Crippen molar-refractivity contribution in [3.05, 3.63) is 0 Å². The van der Waals surface area contributed by atoms with E-state index in [0.29, 0.717) is 12.1 Å². The Balaban J connectivity index is 1.91. The first-order chi connectivity index (χ1) is 6.29. The van der Waals surface area contributed by atoms with Gasteiger partial charge in [0.1, 0.15) is 0 Å². The zero-order valence-electron chi connectivity index (χ0n) is 8.16. The molecule has 4 heteroatoms. The Morgan fingerprint density at radius 2 is 2.08 bits per heavy atom. The molecule has 13 heavy (non-hydrogen) atoms. The lowest BCUT2D eigenvalue weighted by Gasteiger charge is -2.31. The molecule has 0 aromatic rings. The van der Waals surface area contributed by atoms with Crippen LogP contribution in [0, 0.1) is 0 Å². The van der Waals surface area contributed by atoms with Gasteiger partial charge < -0.3 is 15.7 Å². The fourth-order valence-corrected chi connectivity index (χ4v) is 2.32. The standard InChI is InChI=1S/C9H19N3O/c1-12(7-2-3-10-4-7)8-5-11-6-9(8)13/h7-11,13H,2-6H2,1H3/t7?,8-,9-/m1/s1. The van der Waals surface area contributed by atoms with Crippen LogP contribution < -0.4 is 10.6 Å². The Hall–Kier alpha value is -0.160. The second-order valence-corrected chi connectivity index (χ2v) is 4.11. The maximum Gasteiger partial charge on any atom is 0.0831 e. The number of likely N-dealkylation sites (N-methyl/N-ethyl adjacent to an activating group) is 1. The molecule has 2 fully saturated rings. The molecule has 0 aromatic carbocycles. The van der Waals surface area contributed by atoms with Crippen molar-refractivity contribution < 1.29 is 5.11 Å². The molecule has 3 N–H and O–H groups in total. The Morgan fingerprint density at radius 3 is 2.62 bits per heavy atom. The van der Waals surface area contributed by atoms with Crippen LogP contribution in [-0.4, -0.2) is 61.4 Å². The Labute approximate surface area is 79.3 Å². The Morgan fingerprint density at radius 1 is 1.23 bits per heavy atom. The molecular weight excluding hydrogens is 166 g/mol. The van der Waals surface area contributed by atoms with Gasteiger partial charge in [-0.25, -0.2) is 0 Å². The predicted molar refractivity (Wildman–Crippen MR) is 51.7 cm³/mol. The number of nitrogens with one attached hydrogen (secondary N) is 2. The van der Waals surface area contributed by atoms with Crippen LogP contribution in [0.1, 0.15) is 6.42 Å². The molecule has 76 valence electrons. The lowest BCUT2D eigenvalue weighted by molar-refractivity contribution is 0.0780. The predicted octanol–water partition coefficient (Wildman–Crippen LogP) is -1.39. The van der Waals surface area contributed by atoms with Crippen molar-refractivity contribution >= 4 is 0 Å². The van der Waals surface area contributed by atoms with E-state index in [2.05, 4.69) is 22.6 Å². The van der Waals surface area contributed by atoms with Gasteiger partial charge in [-0.05, 0) is 20.0 Å². The molecule has 0 aliphatic carbocycles. The van der Waals surface area contributed by atoms with Gasteiger partial charge in [-0.15, -0.1) is 0 Å². The summed E-state index contributed by atoms with van der Waals surface area (Å²) in [5, 5.41) is 16.3. The molecule has 2 rings (SSSR count). The molecule has 2 aliphatic heterocycles. The molecule has 1 unspecified atom stereocenters. The van der Waals surface area contributed by atoms with E-state index in [1.165, 1.54) is 6.42 Å². The SMILES string of the molecule is CN(C1CCNC1)[C@@H]1CNC[C@H]1O. The number of β-amino-alcohol motifs (C(OH)–C–C–N with tert-alkyl or cyclic N) is 1. The molecule has 0 saturated carbocycles. The highest BCUT2D eigenvalue weighted by molar-refractivity contribution is 4.92. The zero-order valence-corrected chi connectivity index (χ0v) is 8.16. The number of aliphatic hydroxyl groups is 1. The normalized spacial score (nSPS) is 40.4. The van der Waals surface area contributed by atoms with E-state index in [9.17, 15) is 5.11 Å². The van der Waals surface area contributed by atoms with E-state index in [1.54, 1.807) is 0 Å². The van der Waals surface area contributed by atoms with Crippen molar-refractivity contribution in [3.63, 3.8) is 0 Å². The summed E-state index contributed by atoms with van der Waals surface area (Å²) in [4.78, 5) is 2.32. The fraction of sp³-hybridized carbons (Fsp3) is 1.00. The second kappa shape index (κ2) is 3.92. The average molecular weight is 185 g/mol. The second-order valence-electron chi connectivity index (χ2n) is 4.11. The molecule has 0 bridgehead atoms. The Kier molecular flexibility index (Phi) is 2.83. The summed E-state index contributed by atoms with van der Waals surface area (Å²) >= 11 is 0. The maximum atomic E-state index is 9.70. The molecule has 0 aromatic heterocycles. The average Bonchev–Trinajstić information content (AvgIpc) is 2.72.